The van der Waals surface area contributed by atoms with Gasteiger partial charge in [-0.05, 0) is 36.8 Å². The standard InChI is InChI=1S/C19H23BrN2O2/c1-2-18(23)14-22(17-9-4-3-5-10-17)12-11-19(24)21-16-8-6-7-15(20)13-16/h3-10,13,18,23H,2,11-12,14H2,1H3,(H,21,24). The number of halogens is 1. The second kappa shape index (κ2) is 9.45. The van der Waals surface area contributed by atoms with E-state index in [-0.39, 0.29) is 5.91 Å². The highest BCUT2D eigenvalue weighted by Crippen LogP contribution is 2.17. The number of carbonyl (C=O) groups excluding carboxylic acids is 1. The number of rotatable bonds is 8. The van der Waals surface area contributed by atoms with Crippen molar-refractivity contribution in [3.8, 4) is 0 Å². The van der Waals surface area contributed by atoms with Crippen LogP contribution in [0.25, 0.3) is 0 Å². The molecule has 5 heteroatoms. The maximum atomic E-state index is 12.2. The average Bonchev–Trinajstić information content (AvgIpc) is 2.59. The number of benzene rings is 2. The molecule has 0 radical (unpaired) electrons. The summed E-state index contributed by atoms with van der Waals surface area (Å²) in [5, 5.41) is 12.9. The van der Waals surface area contributed by atoms with Crippen LogP contribution < -0.4 is 10.2 Å². The van der Waals surface area contributed by atoms with Crippen molar-refractivity contribution in [1.29, 1.82) is 0 Å². The first-order chi connectivity index (χ1) is 11.6. The molecule has 2 aromatic carbocycles. The van der Waals surface area contributed by atoms with Crippen LogP contribution in [-0.4, -0.2) is 30.2 Å². The van der Waals surface area contributed by atoms with Gasteiger partial charge in [0.25, 0.3) is 0 Å². The summed E-state index contributed by atoms with van der Waals surface area (Å²) in [7, 11) is 0. The molecule has 0 aliphatic rings. The number of hydrogen-bond acceptors (Lipinski definition) is 3. The molecule has 1 unspecified atom stereocenters. The first-order valence-corrected chi connectivity index (χ1v) is 8.91. The van der Waals surface area contributed by atoms with E-state index in [0.717, 1.165) is 15.8 Å². The van der Waals surface area contributed by atoms with Gasteiger partial charge in [-0.3, -0.25) is 4.79 Å². The van der Waals surface area contributed by atoms with Crippen molar-refractivity contribution >= 4 is 33.2 Å². The third-order valence-electron chi connectivity index (χ3n) is 3.74. The number of carbonyl (C=O) groups is 1. The van der Waals surface area contributed by atoms with Crippen LogP contribution in [0.2, 0.25) is 0 Å². The van der Waals surface area contributed by atoms with Crippen molar-refractivity contribution in [2.24, 2.45) is 0 Å². The largest absolute Gasteiger partial charge is 0.391 e. The minimum Gasteiger partial charge on any atom is -0.391 e. The van der Waals surface area contributed by atoms with E-state index in [1.54, 1.807) is 0 Å². The lowest BCUT2D eigenvalue weighted by Crippen LogP contribution is -2.34. The molecule has 2 N–H and O–H groups in total. The lowest BCUT2D eigenvalue weighted by molar-refractivity contribution is -0.116. The van der Waals surface area contributed by atoms with Gasteiger partial charge in [0.05, 0.1) is 6.10 Å². The van der Waals surface area contributed by atoms with E-state index in [1.165, 1.54) is 0 Å². The summed E-state index contributed by atoms with van der Waals surface area (Å²) < 4.78 is 0.928. The van der Waals surface area contributed by atoms with Gasteiger partial charge in [0.1, 0.15) is 0 Å². The highest BCUT2D eigenvalue weighted by Gasteiger charge is 2.13. The highest BCUT2D eigenvalue weighted by atomic mass is 79.9. The van der Waals surface area contributed by atoms with Crippen molar-refractivity contribution in [2.45, 2.75) is 25.9 Å². The molecule has 0 bridgehead atoms. The summed E-state index contributed by atoms with van der Waals surface area (Å²) in [6.07, 6.45) is 0.643. The molecule has 24 heavy (non-hydrogen) atoms. The van der Waals surface area contributed by atoms with E-state index >= 15 is 0 Å². The quantitative estimate of drug-likeness (QED) is 0.714. The Kier molecular flexibility index (Phi) is 7.28. The second-order valence-corrected chi connectivity index (χ2v) is 6.57. The molecule has 0 heterocycles. The molecule has 0 fully saturated rings. The molecule has 0 aliphatic carbocycles. The number of hydrogen-bond donors (Lipinski definition) is 2. The van der Waals surface area contributed by atoms with Crippen LogP contribution in [0, 0.1) is 0 Å². The zero-order valence-electron chi connectivity index (χ0n) is 13.8. The fraction of sp³-hybridized carbons (Fsp3) is 0.316. The summed E-state index contributed by atoms with van der Waals surface area (Å²) in [5.74, 6) is -0.0416. The lowest BCUT2D eigenvalue weighted by Gasteiger charge is -2.27. The van der Waals surface area contributed by atoms with Gasteiger partial charge in [-0.2, -0.15) is 0 Å². The van der Waals surface area contributed by atoms with Gasteiger partial charge >= 0.3 is 0 Å². The Bertz CT molecular complexity index is 649. The number of nitrogens with one attached hydrogen (secondary N) is 1. The minimum atomic E-state index is -0.404. The number of nitrogens with zero attached hydrogens (tertiary/aromatic N) is 1. The fourth-order valence-electron chi connectivity index (χ4n) is 2.37. The normalized spacial score (nSPS) is 11.8. The highest BCUT2D eigenvalue weighted by molar-refractivity contribution is 9.10. The van der Waals surface area contributed by atoms with Crippen LogP contribution in [0.3, 0.4) is 0 Å². The maximum Gasteiger partial charge on any atom is 0.226 e. The summed E-state index contributed by atoms with van der Waals surface area (Å²) in [6, 6.07) is 17.4. The molecule has 1 amide bonds. The maximum absolute atomic E-state index is 12.2. The van der Waals surface area contributed by atoms with Crippen molar-refractivity contribution < 1.29 is 9.90 Å². The fourth-order valence-corrected chi connectivity index (χ4v) is 2.77. The number of aliphatic hydroxyl groups is 1. The van der Waals surface area contributed by atoms with E-state index in [4.69, 9.17) is 0 Å². The lowest BCUT2D eigenvalue weighted by atomic mass is 10.2. The molecule has 128 valence electrons. The molecular formula is C19H23BrN2O2. The third kappa shape index (κ3) is 5.98. The Morgan fingerprint density at radius 1 is 1.21 bits per heavy atom. The second-order valence-electron chi connectivity index (χ2n) is 5.65. The molecule has 1 atom stereocenters. The van der Waals surface area contributed by atoms with Gasteiger partial charge in [0, 0.05) is 35.4 Å². The average molecular weight is 391 g/mol. The van der Waals surface area contributed by atoms with E-state index in [2.05, 4.69) is 26.1 Å². The summed E-state index contributed by atoms with van der Waals surface area (Å²) in [5.41, 5.74) is 1.79. The smallest absolute Gasteiger partial charge is 0.226 e. The number of para-hydroxylation sites is 1. The van der Waals surface area contributed by atoms with Crippen LogP contribution in [0.15, 0.2) is 59.1 Å². The van der Waals surface area contributed by atoms with Crippen LogP contribution >= 0.6 is 15.9 Å². The number of amides is 1. The molecule has 4 nitrogen and oxygen atoms in total. The van der Waals surface area contributed by atoms with Crippen LogP contribution in [-0.2, 0) is 4.79 Å². The molecule has 0 aromatic heterocycles. The van der Waals surface area contributed by atoms with Gasteiger partial charge < -0.3 is 15.3 Å². The molecule has 0 saturated heterocycles. The zero-order chi connectivity index (χ0) is 17.4. The monoisotopic (exact) mass is 390 g/mol. The Labute approximate surface area is 151 Å². The minimum absolute atomic E-state index is 0.0416. The molecule has 2 aromatic rings. The Morgan fingerprint density at radius 3 is 2.62 bits per heavy atom. The predicted molar refractivity (Wildman–Crippen MR) is 102 cm³/mol. The van der Waals surface area contributed by atoms with E-state index in [1.807, 2.05) is 61.5 Å². The van der Waals surface area contributed by atoms with Crippen LogP contribution in [0.1, 0.15) is 19.8 Å². The Hall–Kier alpha value is -1.85. The van der Waals surface area contributed by atoms with Gasteiger partial charge in [0.2, 0.25) is 5.91 Å². The van der Waals surface area contributed by atoms with Crippen molar-refractivity contribution in [3.05, 3.63) is 59.1 Å². The van der Waals surface area contributed by atoms with Gasteiger partial charge in [0.15, 0.2) is 0 Å². The molecule has 0 saturated carbocycles. The molecule has 0 aliphatic heterocycles. The van der Waals surface area contributed by atoms with Crippen molar-refractivity contribution in [2.75, 3.05) is 23.3 Å². The molecule has 0 spiro atoms. The summed E-state index contributed by atoms with van der Waals surface area (Å²) in [6.45, 7) is 3.03. The first-order valence-electron chi connectivity index (χ1n) is 8.12. The summed E-state index contributed by atoms with van der Waals surface area (Å²) >= 11 is 3.39. The molecule has 2 rings (SSSR count). The number of aliphatic hydroxyl groups excluding tert-OH is 1. The predicted octanol–water partition coefficient (Wildman–Crippen LogP) is 4.06. The zero-order valence-corrected chi connectivity index (χ0v) is 15.4. The van der Waals surface area contributed by atoms with Crippen molar-refractivity contribution in [1.82, 2.24) is 0 Å². The van der Waals surface area contributed by atoms with E-state index < -0.39 is 6.10 Å². The summed E-state index contributed by atoms with van der Waals surface area (Å²) in [4.78, 5) is 14.2. The van der Waals surface area contributed by atoms with Crippen LogP contribution in [0.5, 0.6) is 0 Å². The first kappa shape index (κ1) is 18.5. The Balaban J connectivity index is 1.95. The van der Waals surface area contributed by atoms with Crippen molar-refractivity contribution in [3.63, 3.8) is 0 Å². The Morgan fingerprint density at radius 2 is 1.96 bits per heavy atom. The third-order valence-corrected chi connectivity index (χ3v) is 4.23. The van der Waals surface area contributed by atoms with E-state index in [9.17, 15) is 9.90 Å². The van der Waals surface area contributed by atoms with E-state index in [0.29, 0.717) is 25.9 Å². The topological polar surface area (TPSA) is 52.6 Å². The van der Waals surface area contributed by atoms with Gasteiger partial charge in [-0.1, -0.05) is 47.1 Å². The number of anilines is 2. The SMILES string of the molecule is CCC(O)CN(CCC(=O)Nc1cccc(Br)c1)c1ccccc1. The molecular weight excluding hydrogens is 368 g/mol. The van der Waals surface area contributed by atoms with Gasteiger partial charge in [-0.15, -0.1) is 0 Å². The van der Waals surface area contributed by atoms with Gasteiger partial charge in [-0.25, -0.2) is 0 Å². The van der Waals surface area contributed by atoms with Crippen LogP contribution in [0.4, 0.5) is 11.4 Å².